The van der Waals surface area contributed by atoms with Crippen LogP contribution in [0.1, 0.15) is 95.4 Å². The molecule has 2 aliphatic carbocycles. The second-order valence-corrected chi connectivity index (χ2v) is 19.7. The molecule has 0 saturated heterocycles. The van der Waals surface area contributed by atoms with Crippen molar-refractivity contribution >= 4 is 45.1 Å². The summed E-state index contributed by atoms with van der Waals surface area (Å²) in [6.07, 6.45) is 9.15. The van der Waals surface area contributed by atoms with Crippen LogP contribution in [0.5, 0.6) is 0 Å². The van der Waals surface area contributed by atoms with Gasteiger partial charge in [-0.1, -0.05) is 54.1 Å². The summed E-state index contributed by atoms with van der Waals surface area (Å²) in [6, 6.07) is 22.5. The summed E-state index contributed by atoms with van der Waals surface area (Å²) in [4.78, 5) is 40.8. The molecule has 4 heterocycles. The van der Waals surface area contributed by atoms with E-state index in [2.05, 4.69) is 46.8 Å². The number of carboxylic acid groups (broad SMARTS) is 1. The van der Waals surface area contributed by atoms with Gasteiger partial charge in [-0.25, -0.2) is 42.3 Å². The van der Waals surface area contributed by atoms with Crippen molar-refractivity contribution in [3.05, 3.63) is 138 Å². The molecule has 0 unspecified atom stereocenters. The standard InChI is InChI=1S/C23H22F2N6O.C19H17F2N5O2.C7H8O3S.C3H6N2/c1-14(10-26)7-20(32)16-3-5-17(6-4-16)21-15(2)11-27-22(30-21)29-18-12-28-31(13-18)19-8-23(24,25)9-19;1-11-8-22-18(25-16(11)12-2-4-13(5-3-12)17(27)28)24-14-9-23-26(10-14)15-6-19(20,21)7-15;1-6-2-4-7(5-3-6)11(8,9)10;1-3(5)2-4/h3-6,11-14,19H,7-9H2,1-2H3,(H,27,29,30);2-5,8-10,15H,6-7H2,1H3,(H,27,28)(H,22,24,25);2-5H,1H3,(H,8,9,10);3H,5H2,1H3/t14-;;;3-/m1..0/s1. The molecule has 0 radical (unpaired) electrons. The number of nitrogens with two attached hydrogens (primary N) is 1. The molecule has 19 nitrogen and oxygen atoms in total. The largest absolute Gasteiger partial charge is 0.478 e. The molecule has 0 aliphatic heterocycles. The monoisotopic (exact) mass is 1060 g/mol. The first kappa shape index (κ1) is 56.8. The Morgan fingerprint density at radius 3 is 1.47 bits per heavy atom. The van der Waals surface area contributed by atoms with E-state index in [0.29, 0.717) is 40.2 Å². The van der Waals surface area contributed by atoms with Gasteiger partial charge >= 0.3 is 5.97 Å². The third kappa shape index (κ3) is 15.8. The first-order valence-corrected chi connectivity index (χ1v) is 24.9. The molecule has 7 aromatic rings. The van der Waals surface area contributed by atoms with Crippen LogP contribution in [0, 0.1) is 49.4 Å². The fourth-order valence-electron chi connectivity index (χ4n) is 7.42. The highest BCUT2D eigenvalue weighted by molar-refractivity contribution is 7.85. The summed E-state index contributed by atoms with van der Waals surface area (Å²) in [5.74, 6) is -5.91. The lowest BCUT2D eigenvalue weighted by Crippen LogP contribution is -2.37. The van der Waals surface area contributed by atoms with E-state index in [1.807, 2.05) is 32.9 Å². The van der Waals surface area contributed by atoms with Crippen LogP contribution in [0.25, 0.3) is 22.5 Å². The minimum atomic E-state index is -4.02. The Bertz CT molecular complexity index is 3340. The lowest BCUT2D eigenvalue weighted by atomic mass is 9.88. The van der Waals surface area contributed by atoms with Gasteiger partial charge in [0.05, 0.1) is 81.8 Å². The topological polar surface area (TPSA) is 294 Å². The maximum absolute atomic E-state index is 13.1. The van der Waals surface area contributed by atoms with E-state index in [1.54, 1.807) is 93.5 Å². The van der Waals surface area contributed by atoms with Gasteiger partial charge in [0.15, 0.2) is 5.78 Å². The zero-order chi connectivity index (χ0) is 55.5. The third-order valence-corrected chi connectivity index (χ3v) is 12.5. The Labute approximate surface area is 435 Å². The molecule has 9 rings (SSSR count). The molecule has 4 aromatic heterocycles. The van der Waals surface area contributed by atoms with E-state index in [1.165, 1.54) is 33.6 Å². The molecule has 2 saturated carbocycles. The van der Waals surface area contributed by atoms with Gasteiger partial charge in [-0.15, -0.1) is 0 Å². The van der Waals surface area contributed by atoms with Crippen LogP contribution in [0.2, 0.25) is 0 Å². The number of ketones is 1. The van der Waals surface area contributed by atoms with Gasteiger partial charge in [0, 0.05) is 73.6 Å². The molecule has 3 aromatic carbocycles. The molecule has 2 atom stereocenters. The van der Waals surface area contributed by atoms with Crippen LogP contribution in [0.4, 0.5) is 40.8 Å². The van der Waals surface area contributed by atoms with E-state index in [-0.39, 0.29) is 72.4 Å². The minimum absolute atomic E-state index is 0.0666. The van der Waals surface area contributed by atoms with Gasteiger partial charge in [0.25, 0.3) is 22.0 Å². The summed E-state index contributed by atoms with van der Waals surface area (Å²) in [5, 5.41) is 40.1. The summed E-state index contributed by atoms with van der Waals surface area (Å²) in [7, 11) is -4.02. The van der Waals surface area contributed by atoms with Gasteiger partial charge in [0.2, 0.25) is 11.9 Å². The third-order valence-electron chi connectivity index (χ3n) is 11.7. The number of aromatic nitrogens is 8. The number of aryl methyl sites for hydroxylation is 3. The molecular formula is C52H53F4N13O6S. The molecular weight excluding hydrogens is 1010 g/mol. The maximum Gasteiger partial charge on any atom is 0.335 e. The van der Waals surface area contributed by atoms with E-state index in [9.17, 15) is 35.6 Å². The maximum atomic E-state index is 13.1. The van der Waals surface area contributed by atoms with Gasteiger partial charge in [-0.05, 0) is 70.0 Å². The van der Waals surface area contributed by atoms with Crippen molar-refractivity contribution < 1.29 is 45.2 Å². The van der Waals surface area contributed by atoms with Crippen molar-refractivity contribution in [3.63, 3.8) is 0 Å². The van der Waals surface area contributed by atoms with Crippen LogP contribution in [-0.4, -0.2) is 87.2 Å². The van der Waals surface area contributed by atoms with E-state index in [0.717, 1.165) is 27.8 Å². The quantitative estimate of drug-likeness (QED) is 0.0407. The number of anilines is 4. The Balaban J connectivity index is 0.000000193. The first-order chi connectivity index (χ1) is 35.8. The number of hydrogen-bond acceptors (Lipinski definition) is 15. The predicted octanol–water partition coefficient (Wildman–Crippen LogP) is 10.3. The van der Waals surface area contributed by atoms with Gasteiger partial charge in [-0.2, -0.15) is 29.1 Å². The molecule has 2 aliphatic rings. The van der Waals surface area contributed by atoms with Crippen molar-refractivity contribution in [2.24, 2.45) is 11.7 Å². The number of rotatable bonds is 13. The number of Topliss-reactive ketones (excluding diaryl/α,β-unsaturated/α-hetero) is 1. The van der Waals surface area contributed by atoms with Crippen LogP contribution in [0.15, 0.2) is 115 Å². The highest BCUT2D eigenvalue weighted by Crippen LogP contribution is 2.46. The van der Waals surface area contributed by atoms with Gasteiger partial charge < -0.3 is 21.5 Å². The Morgan fingerprint density at radius 1 is 0.711 bits per heavy atom. The number of alkyl halides is 4. The molecule has 76 heavy (non-hydrogen) atoms. The molecule has 6 N–H and O–H groups in total. The molecule has 24 heteroatoms. The number of nitrogens with zero attached hydrogens (tertiary/aromatic N) is 10. The average molecular weight is 1060 g/mol. The molecule has 2 fully saturated rings. The molecule has 0 spiro atoms. The molecule has 0 bridgehead atoms. The van der Waals surface area contributed by atoms with Crippen LogP contribution < -0.4 is 16.4 Å². The number of carbonyl (C=O) groups excluding carboxylic acids is 1. The zero-order valence-electron chi connectivity index (χ0n) is 41.7. The van der Waals surface area contributed by atoms with Crippen LogP contribution >= 0.6 is 0 Å². The summed E-state index contributed by atoms with van der Waals surface area (Å²) in [5.41, 5.74) is 12.5. The smallest absolute Gasteiger partial charge is 0.335 e. The second-order valence-electron chi connectivity index (χ2n) is 18.3. The Morgan fingerprint density at radius 2 is 1.12 bits per heavy atom. The second kappa shape index (κ2) is 24.3. The normalized spacial score (nSPS) is 15.1. The van der Waals surface area contributed by atoms with Crippen molar-refractivity contribution in [1.82, 2.24) is 39.5 Å². The van der Waals surface area contributed by atoms with E-state index >= 15 is 0 Å². The number of hydrogen-bond donors (Lipinski definition) is 5. The number of carboxylic acids is 1. The van der Waals surface area contributed by atoms with Crippen molar-refractivity contribution in [2.75, 3.05) is 10.6 Å². The first-order valence-electron chi connectivity index (χ1n) is 23.4. The van der Waals surface area contributed by atoms with Gasteiger partial charge in [-0.3, -0.25) is 18.7 Å². The van der Waals surface area contributed by atoms with E-state index in [4.69, 9.17) is 25.9 Å². The average Bonchev–Trinajstić information content (AvgIpc) is 4.04. The highest BCUT2D eigenvalue weighted by atomic mass is 32.2. The lowest BCUT2D eigenvalue weighted by molar-refractivity contribution is -0.107. The van der Waals surface area contributed by atoms with Crippen LogP contribution in [0.3, 0.4) is 0 Å². The van der Waals surface area contributed by atoms with Crippen molar-refractivity contribution in [1.29, 1.82) is 10.5 Å². The number of carbonyl (C=O) groups is 2. The number of aromatic carboxylic acids is 1. The number of benzene rings is 3. The lowest BCUT2D eigenvalue weighted by Gasteiger charge is -2.34. The van der Waals surface area contributed by atoms with Gasteiger partial charge in [0.1, 0.15) is 0 Å². The Hall–Kier alpha value is -8.45. The number of halogens is 4. The fraction of sp³-hybridized carbons (Fsp3) is 0.308. The van der Waals surface area contributed by atoms with E-state index < -0.39 is 27.9 Å². The SMILES string of the molecule is C[C@H](N)C#N.Cc1ccc(S(=O)(=O)O)cc1.Cc1cnc(Nc2cnn(C3CC(F)(F)C3)c2)nc1-c1ccc(C(=O)C[C@@H](C)C#N)cc1.Cc1cnc(Nc2cnn(C3CC(F)(F)C3)c2)nc1-c1ccc(C(=O)O)cc1. The summed E-state index contributed by atoms with van der Waals surface area (Å²) < 4.78 is 84.9. The Kier molecular flexibility index (Phi) is 18.1. The van der Waals surface area contributed by atoms with Crippen LogP contribution in [-0.2, 0) is 10.1 Å². The number of nitriles is 2. The predicted molar refractivity (Wildman–Crippen MR) is 273 cm³/mol. The number of nitrogens with one attached hydrogen (secondary N) is 2. The minimum Gasteiger partial charge on any atom is -0.478 e. The highest BCUT2D eigenvalue weighted by Gasteiger charge is 2.47. The summed E-state index contributed by atoms with van der Waals surface area (Å²) in [6.45, 7) is 8.95. The fourth-order valence-corrected chi connectivity index (χ4v) is 7.90. The molecule has 396 valence electrons. The zero-order valence-corrected chi connectivity index (χ0v) is 42.6. The molecule has 0 amide bonds. The van der Waals surface area contributed by atoms with Crippen molar-refractivity contribution in [3.8, 4) is 34.7 Å². The summed E-state index contributed by atoms with van der Waals surface area (Å²) >= 11 is 0. The van der Waals surface area contributed by atoms with Crippen molar-refractivity contribution in [2.45, 2.75) is 102 Å².